The summed E-state index contributed by atoms with van der Waals surface area (Å²) in [5, 5.41) is 10.2. The SMILES string of the molecule is C=CC(=O)N1CC2CN(C)c3c(c4cc(F)c(-c5cc(O)cc(Cl)c5Cl)c(F)c4n(-c4c(C)ccnc4C(C)C)c3=O)N2CC1C. The van der Waals surface area contributed by atoms with Gasteiger partial charge in [0.1, 0.15) is 17.3 Å². The van der Waals surface area contributed by atoms with Gasteiger partial charge in [0.25, 0.3) is 5.56 Å². The van der Waals surface area contributed by atoms with Crippen LogP contribution in [0.25, 0.3) is 27.7 Å². The van der Waals surface area contributed by atoms with Crippen molar-refractivity contribution in [3.63, 3.8) is 0 Å². The number of aromatic hydroxyl groups is 1. The van der Waals surface area contributed by atoms with Crippen molar-refractivity contribution in [3.8, 4) is 22.6 Å². The summed E-state index contributed by atoms with van der Waals surface area (Å²) in [6.07, 6.45) is 2.91. The second-order valence-electron chi connectivity index (χ2n) is 12.3. The molecule has 1 N–H and O–H groups in total. The van der Waals surface area contributed by atoms with Crippen LogP contribution in [0.15, 0.2) is 47.9 Å². The molecular formula is C34H33Cl2F2N5O3. The minimum absolute atomic E-state index is 0.0889. The fraction of sp³-hybridized carbons (Fsp3) is 0.324. The van der Waals surface area contributed by atoms with Gasteiger partial charge in [0.05, 0.1) is 44.2 Å². The standard InChI is InChI=1S/C34H33Cl2F2N5O3/c1-7-25(45)41-15-19-14-40(6)33-32(42(19)13-18(41)5)22-12-24(37)26(21-10-20(44)11-23(35)27(21)36)28(38)31(22)43(34(33)46)30-17(4)8-9-39-29(30)16(2)3/h7-12,16,18-19,44H,1,13-15H2,2-6H3. The van der Waals surface area contributed by atoms with Crippen LogP contribution in [0.4, 0.5) is 20.2 Å². The quantitative estimate of drug-likeness (QED) is 0.241. The summed E-state index contributed by atoms with van der Waals surface area (Å²) in [5.41, 5.74) is 0.930. The van der Waals surface area contributed by atoms with Crippen LogP contribution >= 0.6 is 23.2 Å². The molecule has 2 atom stereocenters. The van der Waals surface area contributed by atoms with Crippen molar-refractivity contribution in [3.05, 3.63) is 86.4 Å². The van der Waals surface area contributed by atoms with E-state index < -0.39 is 22.8 Å². The van der Waals surface area contributed by atoms with Gasteiger partial charge in [-0.3, -0.25) is 19.1 Å². The smallest absolute Gasteiger partial charge is 0.281 e. The first-order valence-corrected chi connectivity index (χ1v) is 15.7. The average molecular weight is 669 g/mol. The number of nitrogens with zero attached hydrogens (tertiary/aromatic N) is 5. The highest BCUT2D eigenvalue weighted by Gasteiger charge is 2.42. The van der Waals surface area contributed by atoms with E-state index in [2.05, 4.69) is 11.6 Å². The van der Waals surface area contributed by atoms with Gasteiger partial charge in [0.15, 0.2) is 5.82 Å². The second kappa shape index (κ2) is 11.6. The zero-order chi connectivity index (χ0) is 33.4. The number of anilines is 2. The van der Waals surface area contributed by atoms with Crippen molar-refractivity contribution in [2.75, 3.05) is 36.5 Å². The highest BCUT2D eigenvalue weighted by Crippen LogP contribution is 2.46. The predicted octanol–water partition coefficient (Wildman–Crippen LogP) is 6.82. The monoisotopic (exact) mass is 667 g/mol. The Morgan fingerprint density at radius 3 is 2.52 bits per heavy atom. The van der Waals surface area contributed by atoms with Crippen LogP contribution in [0, 0.1) is 18.6 Å². The number of hydrogen-bond donors (Lipinski definition) is 1. The number of carbonyl (C=O) groups excluding carboxylic acids is 1. The number of aryl methyl sites for hydroxylation is 1. The summed E-state index contributed by atoms with van der Waals surface area (Å²) in [6, 6.07) is 4.72. The summed E-state index contributed by atoms with van der Waals surface area (Å²) in [5.74, 6) is -2.69. The third kappa shape index (κ3) is 4.81. The number of fused-ring (bicyclic) bond motifs is 5. The second-order valence-corrected chi connectivity index (χ2v) is 13.1. The van der Waals surface area contributed by atoms with Crippen LogP contribution in [0.5, 0.6) is 5.75 Å². The highest BCUT2D eigenvalue weighted by molar-refractivity contribution is 6.44. The largest absolute Gasteiger partial charge is 0.508 e. The highest BCUT2D eigenvalue weighted by atomic mass is 35.5. The van der Waals surface area contributed by atoms with Crippen molar-refractivity contribution in [1.29, 1.82) is 0 Å². The zero-order valence-electron chi connectivity index (χ0n) is 26.0. The van der Waals surface area contributed by atoms with E-state index in [1.165, 1.54) is 22.8 Å². The lowest BCUT2D eigenvalue weighted by molar-refractivity contribution is -0.128. The van der Waals surface area contributed by atoms with E-state index >= 15 is 8.78 Å². The van der Waals surface area contributed by atoms with E-state index in [4.69, 9.17) is 23.2 Å². The molecule has 4 aromatic rings. The van der Waals surface area contributed by atoms with Crippen molar-refractivity contribution in [1.82, 2.24) is 14.5 Å². The van der Waals surface area contributed by atoms with E-state index in [0.717, 1.165) is 6.07 Å². The first kappa shape index (κ1) is 31.8. The van der Waals surface area contributed by atoms with E-state index in [1.54, 1.807) is 29.1 Å². The van der Waals surface area contributed by atoms with Crippen LogP contribution < -0.4 is 15.4 Å². The first-order chi connectivity index (χ1) is 21.8. The predicted molar refractivity (Wildman–Crippen MR) is 179 cm³/mol. The van der Waals surface area contributed by atoms with Gasteiger partial charge in [-0.15, -0.1) is 0 Å². The van der Waals surface area contributed by atoms with Gasteiger partial charge in [-0.1, -0.05) is 43.6 Å². The number of phenols is 1. The topological polar surface area (TPSA) is 81.9 Å². The summed E-state index contributed by atoms with van der Waals surface area (Å²) in [6.45, 7) is 12.2. The molecule has 2 aliphatic rings. The zero-order valence-corrected chi connectivity index (χ0v) is 27.5. The number of carbonyl (C=O) groups is 1. The molecule has 0 bridgehead atoms. The summed E-state index contributed by atoms with van der Waals surface area (Å²) in [7, 11) is 1.76. The van der Waals surface area contributed by atoms with Gasteiger partial charge in [-0.05, 0) is 49.6 Å². The van der Waals surface area contributed by atoms with E-state index in [1.807, 2.05) is 32.6 Å². The van der Waals surface area contributed by atoms with Crippen LogP contribution in [0.2, 0.25) is 10.0 Å². The number of piperazine rings is 1. The molecule has 8 nitrogen and oxygen atoms in total. The molecule has 12 heteroatoms. The van der Waals surface area contributed by atoms with Gasteiger partial charge in [-0.25, -0.2) is 8.78 Å². The Balaban J connectivity index is 1.77. The molecule has 1 amide bonds. The molecule has 2 aliphatic heterocycles. The Morgan fingerprint density at radius 2 is 1.85 bits per heavy atom. The van der Waals surface area contributed by atoms with Crippen molar-refractivity contribution in [2.45, 2.75) is 45.7 Å². The van der Waals surface area contributed by atoms with Crippen molar-refractivity contribution in [2.24, 2.45) is 0 Å². The molecule has 2 aromatic heterocycles. The van der Waals surface area contributed by atoms with Crippen LogP contribution in [0.1, 0.15) is 37.9 Å². The first-order valence-electron chi connectivity index (χ1n) is 14.9. The number of amides is 1. The lowest BCUT2D eigenvalue weighted by Crippen LogP contribution is -2.64. The van der Waals surface area contributed by atoms with Gasteiger partial charge in [-0.2, -0.15) is 0 Å². The van der Waals surface area contributed by atoms with E-state index in [9.17, 15) is 14.7 Å². The van der Waals surface area contributed by atoms with Crippen LogP contribution in [-0.4, -0.2) is 64.2 Å². The normalized spacial score (nSPS) is 17.8. The molecule has 1 fully saturated rings. The molecule has 2 unspecified atom stereocenters. The Labute approximate surface area is 275 Å². The number of halogens is 4. The molecule has 1 saturated heterocycles. The number of pyridine rings is 2. The summed E-state index contributed by atoms with van der Waals surface area (Å²) >= 11 is 12.7. The maximum absolute atomic E-state index is 17.3. The minimum Gasteiger partial charge on any atom is -0.508 e. The third-order valence-electron chi connectivity index (χ3n) is 8.96. The van der Waals surface area contributed by atoms with Crippen molar-refractivity contribution >= 4 is 51.4 Å². The van der Waals surface area contributed by atoms with Gasteiger partial charge < -0.3 is 19.8 Å². The molecule has 0 spiro atoms. The fourth-order valence-corrected chi connectivity index (χ4v) is 7.30. The molecule has 46 heavy (non-hydrogen) atoms. The molecule has 0 radical (unpaired) electrons. The number of benzene rings is 2. The van der Waals surface area contributed by atoms with E-state index in [-0.39, 0.29) is 61.9 Å². The molecule has 0 aliphatic carbocycles. The lowest BCUT2D eigenvalue weighted by Gasteiger charge is -2.51. The number of rotatable bonds is 4. The Bertz CT molecular complexity index is 2010. The third-order valence-corrected chi connectivity index (χ3v) is 9.76. The van der Waals surface area contributed by atoms with Gasteiger partial charge in [0.2, 0.25) is 5.91 Å². The molecule has 240 valence electrons. The molecule has 2 aromatic carbocycles. The Morgan fingerprint density at radius 1 is 1.13 bits per heavy atom. The molecular weight excluding hydrogens is 635 g/mol. The Hall–Kier alpha value is -4.15. The molecule has 6 rings (SSSR count). The number of hydrogen-bond acceptors (Lipinski definition) is 6. The average Bonchev–Trinajstić information content (AvgIpc) is 2.99. The summed E-state index contributed by atoms with van der Waals surface area (Å²) < 4.78 is 35.0. The lowest BCUT2D eigenvalue weighted by atomic mass is 9.95. The van der Waals surface area contributed by atoms with Crippen LogP contribution in [-0.2, 0) is 4.79 Å². The molecule has 0 saturated carbocycles. The summed E-state index contributed by atoms with van der Waals surface area (Å²) in [4.78, 5) is 37.6. The van der Waals surface area contributed by atoms with Crippen molar-refractivity contribution < 1.29 is 18.7 Å². The number of phenolic OH excluding ortho intramolecular Hbond substituents is 1. The number of aromatic nitrogens is 2. The van der Waals surface area contributed by atoms with Gasteiger partial charge in [0, 0.05) is 55.9 Å². The maximum atomic E-state index is 17.3. The fourth-order valence-electron chi connectivity index (χ4n) is 6.88. The molecule has 4 heterocycles. The minimum atomic E-state index is -1.05. The number of likely N-dealkylation sites (N-methyl/N-ethyl adjacent to an activating group) is 1. The van der Waals surface area contributed by atoms with Crippen LogP contribution in [0.3, 0.4) is 0 Å². The maximum Gasteiger partial charge on any atom is 0.281 e. The Kier molecular flexibility index (Phi) is 8.01. The van der Waals surface area contributed by atoms with E-state index in [0.29, 0.717) is 42.3 Å². The van der Waals surface area contributed by atoms with Gasteiger partial charge >= 0.3 is 0 Å².